The highest BCUT2D eigenvalue weighted by Crippen LogP contribution is 2.51. The second-order valence-corrected chi connectivity index (χ2v) is 53.0. The van der Waals surface area contributed by atoms with Crippen molar-refractivity contribution < 1.29 is 38.3 Å². The minimum atomic E-state index is -0.0406. The SMILES string of the molecule is C=CC(=C)Nc1ccc(CCC(C)(C)C)cc1.C=CC(=O)N1CC2(CN(CCCC(C)(C)C)C2)C1.C=CC(=O)N1CCC(CCCC(C)(C)C)CC1.C=CC(=O)N1CCC(OCCC(C)(C)C)CC1.C=CC(=O)N1CCN(CC2CC2C(C)(C)C)CC1.C=CC(=O)N1C[C@@H](C)N(CCCC(C)(C)C)[C@@H](C)C1.C=CC(=O)N1C[C@H]2CN(CCCC(C)(C)C)C[C@H]2C1.C=CC(=O)NC1CCN(CCCC(C)(C)C)CC1. The van der Waals surface area contributed by atoms with Crippen LogP contribution in [0, 0.1) is 78.3 Å². The number of nitrogens with one attached hydrogen (secondary N) is 2. The molecule has 1 aromatic carbocycles. The lowest BCUT2D eigenvalue weighted by atomic mass is 9.72. The van der Waals surface area contributed by atoms with Crippen LogP contribution >= 0.6 is 0 Å². The molecule has 9 saturated heterocycles. The highest BCUT2D eigenvalue weighted by atomic mass is 16.5. The molecule has 21 heteroatoms. The van der Waals surface area contributed by atoms with Gasteiger partial charge in [0, 0.05) is 179 Å². The van der Waals surface area contributed by atoms with Crippen LogP contribution in [0.4, 0.5) is 5.69 Å². The van der Waals surface area contributed by atoms with Crippen LogP contribution in [0.15, 0.2) is 138 Å². The molecule has 1 saturated carbocycles. The molecule has 11 rings (SSSR count). The molecule has 2 N–H and O–H groups in total. The van der Waals surface area contributed by atoms with Gasteiger partial charge in [0.1, 0.15) is 0 Å². The van der Waals surface area contributed by atoms with Gasteiger partial charge in [0.05, 0.1) is 6.10 Å². The summed E-state index contributed by atoms with van der Waals surface area (Å²) >= 11 is 0. The highest BCUT2D eigenvalue weighted by Gasteiger charge is 2.53. The third-order valence-electron chi connectivity index (χ3n) is 29.8. The quantitative estimate of drug-likeness (QED) is 0.0499. The van der Waals surface area contributed by atoms with Gasteiger partial charge in [-0.05, 0) is 301 Å². The molecule has 7 amide bonds. The van der Waals surface area contributed by atoms with Crippen molar-refractivity contribution in [2.75, 3.05) is 176 Å². The van der Waals surface area contributed by atoms with Crippen LogP contribution in [0.1, 0.15) is 314 Å². The zero-order valence-corrected chi connectivity index (χ0v) is 96.4. The first-order valence-electron chi connectivity index (χ1n) is 55.4. The van der Waals surface area contributed by atoms with Crippen LogP contribution < -0.4 is 10.6 Å². The molecule has 6 atom stereocenters. The molecule has 1 aliphatic carbocycles. The fraction of sp³-hybridized carbons (Fsp3) is 0.746. The Kier molecular flexibility index (Phi) is 54.6. The van der Waals surface area contributed by atoms with E-state index in [0.29, 0.717) is 84.8 Å². The zero-order valence-electron chi connectivity index (χ0n) is 96.4. The Hall–Kier alpha value is -7.27. The minimum absolute atomic E-state index is 0.0399. The Labute approximate surface area is 875 Å². The molecule has 10 fully saturated rings. The molecule has 0 radical (unpaired) electrons. The summed E-state index contributed by atoms with van der Waals surface area (Å²) in [6.45, 7) is 118. The van der Waals surface area contributed by atoms with Gasteiger partial charge < -0.3 is 59.5 Å². The van der Waals surface area contributed by atoms with Gasteiger partial charge in [-0.25, -0.2) is 0 Å². The largest absolute Gasteiger partial charge is 0.378 e. The van der Waals surface area contributed by atoms with E-state index < -0.39 is 0 Å². The first kappa shape index (κ1) is 128. The van der Waals surface area contributed by atoms with E-state index >= 15 is 0 Å². The Morgan fingerprint density at radius 1 is 0.385 bits per heavy atom. The Morgan fingerprint density at radius 3 is 1.17 bits per heavy atom. The standard InChI is InChI=1S/C16H28N2O.C16H30N2O.C16H23N.2C15H26N2O.C15H28N2O.C15H27NO.C14H25NO2/c1-5-15(19)18-11-13-9-17(10-14(13)12-18)8-6-7-16(2,3)4;1-7-15(19)17-11-13(2)18(14(3)12-17)10-8-9-16(4,5)6;1-6-13(2)17-15-9-7-14(8-10-15)11-12-16(3,4)5;1-5-14(18)17-8-6-16(7-9-17)11-12-10-13(12)15(2,3)4;1-5-13(18)17-11-15(12-17)9-16(10-15)8-6-7-14(2,3)4;1-5-14(18)16-13-7-11-17(12-8-13)10-6-9-15(2,3)4;1-5-14(17)16-11-8-13(9-12-16)7-6-10-15(2,3)4;1-5-13(16)15-9-6-12(7-10-15)17-11-8-14(2,3)4/h5,13-14H,1,6-12H2,2-4H3;7,13-14H,1,8-12H2,2-6H3;6-10,17H,1-2,11-12H2,3-5H3;5,12-13H,1,6-11H2,2-4H3;5H,1,6-12H2,2-4H3;5,13H,1,6-12H2,2-4H3,(H,16,18);5,13H,1,6-12H2,2-4H3;5,12H,1,6-11H2,2-4H3/t2*13-,14+;;;;;;. The van der Waals surface area contributed by atoms with Crippen LogP contribution in [0.25, 0.3) is 0 Å². The second kappa shape index (κ2) is 61.0. The number of likely N-dealkylation sites (tertiary alicyclic amines) is 7. The predicted molar refractivity (Wildman–Crippen MR) is 605 cm³/mol. The summed E-state index contributed by atoms with van der Waals surface area (Å²) in [5.74, 6) is 4.42. The number of carbonyl (C=O) groups excluding carboxylic acids is 7. The Balaban J connectivity index is 0.000000341. The van der Waals surface area contributed by atoms with Crippen molar-refractivity contribution in [3.63, 3.8) is 0 Å². The predicted octanol–water partition coefficient (Wildman–Crippen LogP) is 23.1. The number of amides is 7. The third kappa shape index (κ3) is 53.5. The summed E-state index contributed by atoms with van der Waals surface area (Å²) in [5, 5.41) is 6.16. The maximum atomic E-state index is 11.7. The van der Waals surface area contributed by atoms with Crippen molar-refractivity contribution in [1.82, 2.24) is 59.2 Å². The number of hydrogen-bond acceptors (Lipinski definition) is 14. The molecule has 0 bridgehead atoms. The number of carbonyl (C=O) groups is 7. The Bertz CT molecular complexity index is 3950. The number of nitrogens with zero attached hydrogens (tertiary/aromatic N) is 11. The van der Waals surface area contributed by atoms with E-state index in [4.69, 9.17) is 4.74 Å². The van der Waals surface area contributed by atoms with E-state index in [1.807, 2.05) is 29.4 Å². The van der Waals surface area contributed by atoms with Crippen LogP contribution in [0.2, 0.25) is 0 Å². The number of ether oxygens (including phenoxy) is 1. The number of allylic oxidation sites excluding steroid dienone is 1. The lowest BCUT2D eigenvalue weighted by Gasteiger charge is -2.60. The van der Waals surface area contributed by atoms with Gasteiger partial charge in [0.2, 0.25) is 41.4 Å². The zero-order chi connectivity index (χ0) is 108. The van der Waals surface area contributed by atoms with Crippen molar-refractivity contribution in [1.29, 1.82) is 0 Å². The number of piperazine rings is 2. The summed E-state index contributed by atoms with van der Waals surface area (Å²) < 4.78 is 5.86. The second-order valence-electron chi connectivity index (χ2n) is 53.0. The number of anilines is 1. The van der Waals surface area contributed by atoms with Gasteiger partial charge in [-0.15, -0.1) is 0 Å². The number of piperidine rings is 3. The van der Waals surface area contributed by atoms with Crippen molar-refractivity contribution in [3.8, 4) is 0 Å². The molecule has 9 heterocycles. The van der Waals surface area contributed by atoms with E-state index in [-0.39, 0.29) is 41.4 Å². The first-order chi connectivity index (χ1) is 66.5. The summed E-state index contributed by atoms with van der Waals surface area (Å²) in [4.78, 5) is 104. The van der Waals surface area contributed by atoms with Crippen molar-refractivity contribution in [3.05, 3.63) is 143 Å². The van der Waals surface area contributed by atoms with E-state index in [2.05, 4.69) is 299 Å². The van der Waals surface area contributed by atoms with Gasteiger partial charge in [0.15, 0.2) is 0 Å². The monoisotopic (exact) mass is 1990 g/mol. The van der Waals surface area contributed by atoms with Gasteiger partial charge in [0.25, 0.3) is 0 Å². The number of benzene rings is 1. The van der Waals surface area contributed by atoms with Crippen LogP contribution in [0.5, 0.6) is 0 Å². The van der Waals surface area contributed by atoms with Crippen molar-refractivity contribution in [2.45, 2.75) is 339 Å². The molecule has 10 aliphatic rings. The summed E-state index contributed by atoms with van der Waals surface area (Å²) in [6, 6.07) is 9.74. The van der Waals surface area contributed by atoms with Crippen LogP contribution in [0.3, 0.4) is 0 Å². The molecule has 2 unspecified atom stereocenters. The van der Waals surface area contributed by atoms with E-state index in [1.54, 1.807) is 6.08 Å². The van der Waals surface area contributed by atoms with E-state index in [1.165, 1.54) is 197 Å². The van der Waals surface area contributed by atoms with Crippen molar-refractivity contribution in [2.24, 2.45) is 78.3 Å². The molecule has 0 aromatic heterocycles. The Morgan fingerprint density at radius 2 is 0.769 bits per heavy atom. The first-order valence-corrected chi connectivity index (χ1v) is 55.4. The fourth-order valence-corrected chi connectivity index (χ4v) is 20.9. The van der Waals surface area contributed by atoms with E-state index in [0.717, 1.165) is 186 Å². The van der Waals surface area contributed by atoms with Gasteiger partial charge in [-0.1, -0.05) is 250 Å². The number of hydrogen-bond donors (Lipinski definition) is 2. The van der Waals surface area contributed by atoms with Crippen molar-refractivity contribution >= 4 is 47.0 Å². The smallest absolute Gasteiger partial charge is 0.246 e. The van der Waals surface area contributed by atoms with Gasteiger partial charge >= 0.3 is 0 Å². The third-order valence-corrected chi connectivity index (χ3v) is 29.8. The molecule has 9 aliphatic heterocycles. The van der Waals surface area contributed by atoms with Crippen LogP contribution in [-0.2, 0) is 44.7 Å². The molecule has 21 nitrogen and oxygen atoms in total. The molecule has 1 aromatic rings. The minimum Gasteiger partial charge on any atom is -0.378 e. The molecular weight excluding hydrogens is 1780 g/mol. The van der Waals surface area contributed by atoms with E-state index in [9.17, 15) is 33.6 Å². The van der Waals surface area contributed by atoms with Gasteiger partial charge in [-0.3, -0.25) is 43.4 Å². The normalized spacial score (nSPS) is 21.5. The number of aryl methyl sites for hydroxylation is 1. The molecule has 814 valence electrons. The van der Waals surface area contributed by atoms with Crippen LogP contribution in [-0.4, -0.2) is 290 Å². The topological polar surface area (TPSA) is 188 Å². The highest BCUT2D eigenvalue weighted by molar-refractivity contribution is 5.90. The summed E-state index contributed by atoms with van der Waals surface area (Å²) in [6.07, 6.45) is 37.2. The lowest BCUT2D eigenvalue weighted by Crippen LogP contribution is -2.72. The fourth-order valence-electron chi connectivity index (χ4n) is 20.9. The number of rotatable bonds is 33. The molecule has 1 spiro atoms. The average Bonchev–Trinajstić information content (AvgIpc) is 1.69. The summed E-state index contributed by atoms with van der Waals surface area (Å²) in [5.41, 5.74) is 7.11. The maximum Gasteiger partial charge on any atom is 0.246 e. The summed E-state index contributed by atoms with van der Waals surface area (Å²) in [7, 11) is 0. The van der Waals surface area contributed by atoms with Gasteiger partial charge in [-0.2, -0.15) is 0 Å². The molecular formula is C122H213N13O8. The maximum absolute atomic E-state index is 11.7. The average molecular weight is 1990 g/mol. The number of fused-ring (bicyclic) bond motifs is 1. The lowest BCUT2D eigenvalue weighted by molar-refractivity contribution is -0.154. The molecule has 143 heavy (non-hydrogen) atoms.